The normalized spacial score (nSPS) is 13.2. The number of hydrogen-bond donors (Lipinski definition) is 1. The molecule has 1 aliphatic rings. The molecule has 6 heteroatoms. The van der Waals surface area contributed by atoms with E-state index in [1.54, 1.807) is 12.1 Å². The van der Waals surface area contributed by atoms with Crippen LogP contribution in [0.15, 0.2) is 42.5 Å². The molecule has 1 aliphatic carbocycles. The van der Waals surface area contributed by atoms with Gasteiger partial charge in [0, 0.05) is 23.9 Å². The molecule has 1 N–H and O–H groups in total. The molecule has 0 aliphatic heterocycles. The second-order valence-electron chi connectivity index (χ2n) is 7.74. The van der Waals surface area contributed by atoms with Gasteiger partial charge >= 0.3 is 0 Å². The van der Waals surface area contributed by atoms with Gasteiger partial charge in [0.05, 0.1) is 6.54 Å². The number of benzene rings is 2. The molecule has 156 valence electrons. The van der Waals surface area contributed by atoms with Crippen LogP contribution in [0.4, 0.5) is 13.2 Å². The van der Waals surface area contributed by atoms with Gasteiger partial charge in [-0.1, -0.05) is 18.2 Å². The van der Waals surface area contributed by atoms with Gasteiger partial charge in [0.2, 0.25) is 0 Å². The predicted molar refractivity (Wildman–Crippen MR) is 109 cm³/mol. The molecule has 30 heavy (non-hydrogen) atoms. The Morgan fingerprint density at radius 2 is 1.70 bits per heavy atom. The second-order valence-corrected chi connectivity index (χ2v) is 7.74. The molecule has 0 saturated carbocycles. The van der Waals surface area contributed by atoms with E-state index >= 15 is 0 Å². The highest BCUT2D eigenvalue weighted by Gasteiger charge is 2.26. The van der Waals surface area contributed by atoms with Crippen molar-refractivity contribution in [2.75, 3.05) is 0 Å². The minimum absolute atomic E-state index is 0.168. The molecule has 1 heterocycles. The topological polar surface area (TPSA) is 34.0 Å². The molecule has 0 bridgehead atoms. The highest BCUT2D eigenvalue weighted by Crippen LogP contribution is 2.31. The summed E-state index contributed by atoms with van der Waals surface area (Å²) in [6, 6.07) is 9.48. The van der Waals surface area contributed by atoms with Gasteiger partial charge in [-0.3, -0.25) is 4.79 Å². The summed E-state index contributed by atoms with van der Waals surface area (Å²) >= 11 is 0. The number of aromatic nitrogens is 1. The molecule has 1 aromatic heterocycles. The number of fused-ring (bicyclic) bond motifs is 1. The van der Waals surface area contributed by atoms with E-state index in [2.05, 4.69) is 5.32 Å². The molecule has 1 amide bonds. The van der Waals surface area contributed by atoms with Crippen molar-refractivity contribution in [1.82, 2.24) is 9.88 Å². The number of nitrogens with zero attached hydrogens (tertiary/aromatic N) is 1. The van der Waals surface area contributed by atoms with Crippen molar-refractivity contribution in [3.63, 3.8) is 0 Å². The fourth-order valence-corrected chi connectivity index (χ4v) is 4.23. The SMILES string of the molecule is Cc1c2c(n(Cc3ccc(F)cc3F)c1C(=O)NCc1ccc(F)cc1)CCCC2. The molecule has 3 aromatic rings. The molecule has 0 unspecified atom stereocenters. The van der Waals surface area contributed by atoms with Crippen LogP contribution in [-0.2, 0) is 25.9 Å². The van der Waals surface area contributed by atoms with Crippen molar-refractivity contribution in [1.29, 1.82) is 0 Å². The Balaban J connectivity index is 1.66. The largest absolute Gasteiger partial charge is 0.347 e. The van der Waals surface area contributed by atoms with Crippen LogP contribution >= 0.6 is 0 Å². The first-order valence-corrected chi connectivity index (χ1v) is 10.1. The average molecular weight is 412 g/mol. The predicted octanol–water partition coefficient (Wildman–Crippen LogP) is 5.07. The number of halogens is 3. The summed E-state index contributed by atoms with van der Waals surface area (Å²) in [4.78, 5) is 13.1. The van der Waals surface area contributed by atoms with Gasteiger partial charge in [0.1, 0.15) is 23.1 Å². The van der Waals surface area contributed by atoms with E-state index in [0.29, 0.717) is 11.3 Å². The van der Waals surface area contributed by atoms with Crippen molar-refractivity contribution >= 4 is 5.91 Å². The Morgan fingerprint density at radius 1 is 1.00 bits per heavy atom. The number of amides is 1. The fourth-order valence-electron chi connectivity index (χ4n) is 4.23. The summed E-state index contributed by atoms with van der Waals surface area (Å²) in [7, 11) is 0. The van der Waals surface area contributed by atoms with E-state index in [9.17, 15) is 18.0 Å². The minimum atomic E-state index is -0.626. The van der Waals surface area contributed by atoms with Crippen molar-refractivity contribution < 1.29 is 18.0 Å². The van der Waals surface area contributed by atoms with Gasteiger partial charge in [-0.15, -0.1) is 0 Å². The highest BCUT2D eigenvalue weighted by atomic mass is 19.1. The summed E-state index contributed by atoms with van der Waals surface area (Å²) in [5.74, 6) is -1.83. The first-order valence-electron chi connectivity index (χ1n) is 10.1. The van der Waals surface area contributed by atoms with E-state index in [-0.39, 0.29) is 24.8 Å². The smallest absolute Gasteiger partial charge is 0.268 e. The van der Waals surface area contributed by atoms with E-state index in [1.165, 1.54) is 24.3 Å². The Labute approximate surface area is 173 Å². The number of nitrogens with one attached hydrogen (secondary N) is 1. The van der Waals surface area contributed by atoms with Crippen LogP contribution in [0, 0.1) is 24.4 Å². The van der Waals surface area contributed by atoms with Gasteiger partial charge in [-0.05, 0) is 67.5 Å². The number of carbonyl (C=O) groups is 1. The Hall–Kier alpha value is -3.02. The Morgan fingerprint density at radius 3 is 2.43 bits per heavy atom. The summed E-state index contributed by atoms with van der Waals surface area (Å²) in [6.07, 6.45) is 3.78. The number of hydrogen-bond acceptors (Lipinski definition) is 1. The highest BCUT2D eigenvalue weighted by molar-refractivity contribution is 5.95. The van der Waals surface area contributed by atoms with Crippen molar-refractivity contribution in [2.45, 2.75) is 45.7 Å². The third kappa shape index (κ3) is 3.99. The fraction of sp³-hybridized carbons (Fsp3) is 0.292. The maximum atomic E-state index is 14.3. The molecular weight excluding hydrogens is 389 g/mol. The zero-order valence-corrected chi connectivity index (χ0v) is 16.8. The zero-order chi connectivity index (χ0) is 21.3. The minimum Gasteiger partial charge on any atom is -0.347 e. The third-order valence-corrected chi connectivity index (χ3v) is 5.77. The van der Waals surface area contributed by atoms with Crippen molar-refractivity contribution in [3.8, 4) is 0 Å². The van der Waals surface area contributed by atoms with Gasteiger partial charge in [0.15, 0.2) is 0 Å². The summed E-state index contributed by atoms with van der Waals surface area (Å²) in [6.45, 7) is 2.36. The zero-order valence-electron chi connectivity index (χ0n) is 16.8. The van der Waals surface area contributed by atoms with Gasteiger partial charge < -0.3 is 9.88 Å². The van der Waals surface area contributed by atoms with Gasteiger partial charge in [-0.2, -0.15) is 0 Å². The lowest BCUT2D eigenvalue weighted by molar-refractivity contribution is 0.0941. The number of carbonyl (C=O) groups excluding carboxylic acids is 1. The van der Waals surface area contributed by atoms with E-state index in [4.69, 9.17) is 0 Å². The molecule has 4 rings (SSSR count). The molecule has 0 atom stereocenters. The van der Waals surface area contributed by atoms with Crippen LogP contribution in [0.2, 0.25) is 0 Å². The van der Waals surface area contributed by atoms with E-state index in [1.807, 2.05) is 11.5 Å². The first-order chi connectivity index (χ1) is 14.4. The average Bonchev–Trinajstić information content (AvgIpc) is 3.01. The molecule has 3 nitrogen and oxygen atoms in total. The van der Waals surface area contributed by atoms with E-state index in [0.717, 1.165) is 54.1 Å². The maximum Gasteiger partial charge on any atom is 0.268 e. The lowest BCUT2D eigenvalue weighted by Crippen LogP contribution is -2.27. The third-order valence-electron chi connectivity index (χ3n) is 5.77. The molecule has 0 saturated heterocycles. The maximum absolute atomic E-state index is 14.3. The molecule has 0 radical (unpaired) electrons. The monoisotopic (exact) mass is 412 g/mol. The van der Waals surface area contributed by atoms with Crippen LogP contribution in [0.5, 0.6) is 0 Å². The Kier molecular flexibility index (Phi) is 5.66. The molecule has 0 fully saturated rings. The first kappa shape index (κ1) is 20.3. The van der Waals surface area contributed by atoms with Crippen LogP contribution in [0.25, 0.3) is 0 Å². The Bertz CT molecular complexity index is 1090. The second kappa shape index (κ2) is 8.38. The lowest BCUT2D eigenvalue weighted by Gasteiger charge is -2.17. The summed E-state index contributed by atoms with van der Waals surface area (Å²) in [5, 5.41) is 2.90. The quantitative estimate of drug-likeness (QED) is 0.624. The molecule has 0 spiro atoms. The van der Waals surface area contributed by atoms with Crippen molar-refractivity contribution in [3.05, 3.63) is 93.6 Å². The van der Waals surface area contributed by atoms with Crippen LogP contribution < -0.4 is 5.32 Å². The standard InChI is InChI=1S/C24H23F3N2O/c1-15-20-4-2-3-5-22(20)29(14-17-8-11-19(26)12-21(17)27)23(15)24(30)28-13-16-6-9-18(25)10-7-16/h6-12H,2-5,13-14H2,1H3,(H,28,30). The van der Waals surface area contributed by atoms with Gasteiger partial charge in [0.25, 0.3) is 5.91 Å². The van der Waals surface area contributed by atoms with Crippen LogP contribution in [0.3, 0.4) is 0 Å². The summed E-state index contributed by atoms with van der Waals surface area (Å²) < 4.78 is 42.6. The number of rotatable bonds is 5. The lowest BCUT2D eigenvalue weighted by atomic mass is 9.95. The van der Waals surface area contributed by atoms with Crippen LogP contribution in [-0.4, -0.2) is 10.5 Å². The van der Waals surface area contributed by atoms with Crippen molar-refractivity contribution in [2.24, 2.45) is 0 Å². The molecule has 2 aromatic carbocycles. The van der Waals surface area contributed by atoms with E-state index < -0.39 is 11.6 Å². The van der Waals surface area contributed by atoms with Gasteiger partial charge in [-0.25, -0.2) is 13.2 Å². The molecular formula is C24H23F3N2O. The summed E-state index contributed by atoms with van der Waals surface area (Å²) in [5.41, 5.74) is 4.74. The van der Waals surface area contributed by atoms with Crippen LogP contribution in [0.1, 0.15) is 51.3 Å².